The van der Waals surface area contributed by atoms with Gasteiger partial charge in [0.2, 0.25) is 10.1 Å². The van der Waals surface area contributed by atoms with Gasteiger partial charge in [-0.15, -0.1) is 5.10 Å². The average Bonchev–Trinajstić information content (AvgIpc) is 3.22. The van der Waals surface area contributed by atoms with Gasteiger partial charge in [0.15, 0.2) is 0 Å². The van der Waals surface area contributed by atoms with E-state index in [-0.39, 0.29) is 0 Å². The predicted octanol–water partition coefficient (Wildman–Crippen LogP) is 3.66. The topological polar surface area (TPSA) is 45.9 Å². The van der Waals surface area contributed by atoms with Gasteiger partial charge in [0.25, 0.3) is 0 Å². The van der Waals surface area contributed by atoms with Gasteiger partial charge in [-0.3, -0.25) is 4.90 Å². The molecule has 8 heteroatoms. The Hall–Kier alpha value is -1.67. The molecular weight excluding hydrogens is 382 g/mol. The van der Waals surface area contributed by atoms with E-state index in [2.05, 4.69) is 23.6 Å². The molecule has 144 valence electrons. The van der Waals surface area contributed by atoms with Crippen molar-refractivity contribution in [3.63, 3.8) is 0 Å². The van der Waals surface area contributed by atoms with E-state index < -0.39 is 0 Å². The zero-order valence-electron chi connectivity index (χ0n) is 15.6. The van der Waals surface area contributed by atoms with Gasteiger partial charge < -0.3 is 9.64 Å². The average molecular weight is 406 g/mol. The van der Waals surface area contributed by atoms with Gasteiger partial charge >= 0.3 is 0 Å². The lowest BCUT2D eigenvalue weighted by Crippen LogP contribution is -2.47. The van der Waals surface area contributed by atoms with E-state index in [4.69, 9.17) is 26.4 Å². The van der Waals surface area contributed by atoms with Crippen LogP contribution in [0.3, 0.4) is 0 Å². The number of piperazine rings is 1. The van der Waals surface area contributed by atoms with Gasteiger partial charge in [-0.25, -0.2) is 9.50 Å². The predicted molar refractivity (Wildman–Crippen MR) is 111 cm³/mol. The number of imidazole rings is 1. The molecule has 1 aliphatic heterocycles. The SMILES string of the molecule is CC(C)OCCN1CCN(c2nn3cc(-c4ccc(Cl)cc4)nc3s2)CC1. The molecule has 0 amide bonds. The summed E-state index contributed by atoms with van der Waals surface area (Å²) in [6.45, 7) is 10.0. The lowest BCUT2D eigenvalue weighted by molar-refractivity contribution is 0.0579. The third kappa shape index (κ3) is 4.43. The molecule has 27 heavy (non-hydrogen) atoms. The maximum Gasteiger partial charge on any atom is 0.214 e. The van der Waals surface area contributed by atoms with Crippen LogP contribution in [0.1, 0.15) is 13.8 Å². The second-order valence-electron chi connectivity index (χ2n) is 6.99. The molecule has 1 fully saturated rings. The first-order chi connectivity index (χ1) is 13.1. The summed E-state index contributed by atoms with van der Waals surface area (Å²) < 4.78 is 7.54. The fraction of sp³-hybridized carbons (Fsp3) is 0.474. The molecule has 0 bridgehead atoms. The summed E-state index contributed by atoms with van der Waals surface area (Å²) in [5, 5.41) is 6.51. The van der Waals surface area contributed by atoms with Crippen molar-refractivity contribution in [1.82, 2.24) is 19.5 Å². The Morgan fingerprint density at radius 1 is 1.15 bits per heavy atom. The smallest absolute Gasteiger partial charge is 0.214 e. The highest BCUT2D eigenvalue weighted by Crippen LogP contribution is 2.27. The highest BCUT2D eigenvalue weighted by Gasteiger charge is 2.20. The number of halogens is 1. The molecule has 0 saturated carbocycles. The number of rotatable bonds is 6. The summed E-state index contributed by atoms with van der Waals surface area (Å²) in [5.74, 6) is 0. The molecule has 1 aliphatic rings. The van der Waals surface area contributed by atoms with Crippen molar-refractivity contribution in [3.8, 4) is 11.3 Å². The molecule has 0 N–H and O–H groups in total. The fourth-order valence-electron chi connectivity index (χ4n) is 3.16. The van der Waals surface area contributed by atoms with E-state index in [9.17, 15) is 0 Å². The van der Waals surface area contributed by atoms with E-state index in [1.54, 1.807) is 11.3 Å². The second-order valence-corrected chi connectivity index (χ2v) is 8.36. The van der Waals surface area contributed by atoms with Crippen LogP contribution in [-0.2, 0) is 4.74 Å². The molecule has 1 aromatic carbocycles. The highest BCUT2D eigenvalue weighted by atomic mass is 35.5. The number of fused-ring (bicyclic) bond motifs is 1. The van der Waals surface area contributed by atoms with E-state index in [0.717, 1.165) is 65.7 Å². The lowest BCUT2D eigenvalue weighted by atomic mass is 10.2. The Bertz CT molecular complexity index is 852. The van der Waals surface area contributed by atoms with Crippen LogP contribution >= 0.6 is 22.9 Å². The zero-order chi connectivity index (χ0) is 18.8. The molecule has 2 aromatic heterocycles. The quantitative estimate of drug-likeness (QED) is 0.626. The molecule has 0 spiro atoms. The largest absolute Gasteiger partial charge is 0.377 e. The van der Waals surface area contributed by atoms with Crippen molar-refractivity contribution in [3.05, 3.63) is 35.5 Å². The van der Waals surface area contributed by atoms with Crippen LogP contribution in [0.4, 0.5) is 5.13 Å². The minimum absolute atomic E-state index is 0.301. The monoisotopic (exact) mass is 405 g/mol. The van der Waals surface area contributed by atoms with Crippen LogP contribution in [0.15, 0.2) is 30.5 Å². The molecule has 3 aromatic rings. The summed E-state index contributed by atoms with van der Waals surface area (Å²) in [5.41, 5.74) is 1.97. The fourth-order valence-corrected chi connectivity index (χ4v) is 4.22. The Kier molecular flexibility index (Phi) is 5.63. The first-order valence-electron chi connectivity index (χ1n) is 9.29. The first-order valence-corrected chi connectivity index (χ1v) is 10.5. The van der Waals surface area contributed by atoms with Crippen molar-refractivity contribution in [2.75, 3.05) is 44.2 Å². The van der Waals surface area contributed by atoms with Gasteiger partial charge in [-0.1, -0.05) is 35.1 Å². The van der Waals surface area contributed by atoms with E-state index in [1.165, 1.54) is 0 Å². The minimum atomic E-state index is 0.301. The van der Waals surface area contributed by atoms with Gasteiger partial charge in [0.1, 0.15) is 0 Å². The summed E-state index contributed by atoms with van der Waals surface area (Å²) >= 11 is 7.61. The van der Waals surface area contributed by atoms with Crippen molar-refractivity contribution in [2.45, 2.75) is 20.0 Å². The number of ether oxygens (including phenoxy) is 1. The number of aromatic nitrogens is 3. The third-order valence-electron chi connectivity index (χ3n) is 4.67. The Balaban J connectivity index is 1.37. The molecule has 1 saturated heterocycles. The Morgan fingerprint density at radius 2 is 1.89 bits per heavy atom. The Morgan fingerprint density at radius 3 is 2.56 bits per heavy atom. The van der Waals surface area contributed by atoms with Crippen molar-refractivity contribution in [2.24, 2.45) is 0 Å². The summed E-state index contributed by atoms with van der Waals surface area (Å²) in [4.78, 5) is 10.4. The molecule has 0 unspecified atom stereocenters. The van der Waals surface area contributed by atoms with Gasteiger partial charge in [-0.2, -0.15) is 0 Å². The summed E-state index contributed by atoms with van der Waals surface area (Å²) in [6.07, 6.45) is 2.29. The van der Waals surface area contributed by atoms with Crippen LogP contribution < -0.4 is 4.90 Å². The molecule has 3 heterocycles. The number of hydrogen-bond donors (Lipinski definition) is 0. The lowest BCUT2D eigenvalue weighted by Gasteiger charge is -2.34. The van der Waals surface area contributed by atoms with Crippen molar-refractivity contribution < 1.29 is 4.74 Å². The van der Waals surface area contributed by atoms with E-state index in [1.807, 2.05) is 35.0 Å². The summed E-state index contributed by atoms with van der Waals surface area (Å²) in [6, 6.07) is 7.74. The van der Waals surface area contributed by atoms with Gasteiger partial charge in [-0.05, 0) is 26.0 Å². The number of anilines is 1. The molecular formula is C19H24ClN5OS. The number of nitrogens with zero attached hydrogens (tertiary/aromatic N) is 5. The third-order valence-corrected chi connectivity index (χ3v) is 5.91. The maximum atomic E-state index is 5.96. The van der Waals surface area contributed by atoms with Gasteiger partial charge in [0, 0.05) is 43.3 Å². The van der Waals surface area contributed by atoms with Crippen LogP contribution in [0.2, 0.25) is 5.02 Å². The first kappa shape index (κ1) is 18.7. The van der Waals surface area contributed by atoms with Crippen LogP contribution in [0, 0.1) is 0 Å². The normalized spacial score (nSPS) is 15.9. The van der Waals surface area contributed by atoms with Crippen LogP contribution in [0.5, 0.6) is 0 Å². The molecule has 0 radical (unpaired) electrons. The van der Waals surface area contributed by atoms with E-state index >= 15 is 0 Å². The molecule has 0 aliphatic carbocycles. The standard InChI is InChI=1S/C19H24ClN5OS/c1-14(2)26-12-11-23-7-9-24(10-8-23)19-22-25-13-17(21-18(25)27-19)15-3-5-16(20)6-4-15/h3-6,13-14H,7-12H2,1-2H3. The van der Waals surface area contributed by atoms with Crippen LogP contribution in [-0.4, -0.2) is 64.9 Å². The molecule has 0 atom stereocenters. The van der Waals surface area contributed by atoms with Gasteiger partial charge in [0.05, 0.1) is 24.6 Å². The second kappa shape index (κ2) is 8.14. The highest BCUT2D eigenvalue weighted by molar-refractivity contribution is 7.20. The maximum absolute atomic E-state index is 5.96. The number of hydrogen-bond acceptors (Lipinski definition) is 6. The Labute approximate surface area is 168 Å². The van der Waals surface area contributed by atoms with Crippen LogP contribution in [0.25, 0.3) is 16.2 Å². The van der Waals surface area contributed by atoms with E-state index in [0.29, 0.717) is 6.10 Å². The molecule has 4 rings (SSSR count). The van der Waals surface area contributed by atoms with Crippen molar-refractivity contribution >= 4 is 33.0 Å². The summed E-state index contributed by atoms with van der Waals surface area (Å²) in [7, 11) is 0. The minimum Gasteiger partial charge on any atom is -0.377 e. The molecule has 6 nitrogen and oxygen atoms in total. The van der Waals surface area contributed by atoms with Crippen molar-refractivity contribution in [1.29, 1.82) is 0 Å². The zero-order valence-corrected chi connectivity index (χ0v) is 17.2. The number of benzene rings is 1.